The summed E-state index contributed by atoms with van der Waals surface area (Å²) in [5, 5.41) is 12.7. The van der Waals surface area contributed by atoms with Gasteiger partial charge in [0, 0.05) is 35.8 Å². The van der Waals surface area contributed by atoms with E-state index < -0.39 is 47.2 Å². The number of carbonyl (C=O) groups excluding carboxylic acids is 1. The Morgan fingerprint density at radius 1 is 0.949 bits per heavy atom. The van der Waals surface area contributed by atoms with Crippen molar-refractivity contribution in [3.8, 4) is 10.4 Å². The zero-order valence-electron chi connectivity index (χ0n) is 19.6. The second kappa shape index (κ2) is 10.5. The largest absolute Gasteiger partial charge is 0.491 e. The van der Waals surface area contributed by atoms with Gasteiger partial charge < -0.3 is 15.6 Å². The Labute approximate surface area is 219 Å². The second-order valence-electron chi connectivity index (χ2n) is 8.49. The maximum absolute atomic E-state index is 13.5. The molecule has 14 heteroatoms. The van der Waals surface area contributed by atoms with Gasteiger partial charge in [-0.05, 0) is 35.6 Å². The third-order valence-corrected chi connectivity index (χ3v) is 6.91. The van der Waals surface area contributed by atoms with E-state index in [1.54, 1.807) is 18.2 Å². The van der Waals surface area contributed by atoms with Crippen LogP contribution in [0.5, 0.6) is 0 Å². The van der Waals surface area contributed by atoms with Crippen molar-refractivity contribution in [3.63, 3.8) is 0 Å². The van der Waals surface area contributed by atoms with Crippen LogP contribution in [0, 0.1) is 5.95 Å². The third kappa shape index (κ3) is 6.34. The van der Waals surface area contributed by atoms with Crippen molar-refractivity contribution in [1.82, 2.24) is 9.97 Å². The quantitative estimate of drug-likeness (QED) is 0.127. The number of hydrogen-bond acceptors (Lipinski definition) is 7. The van der Waals surface area contributed by atoms with Gasteiger partial charge in [0.25, 0.3) is 5.79 Å². The predicted octanol–water partition coefficient (Wildman–Crippen LogP) is 5.73. The minimum Gasteiger partial charge on any atom is -0.420 e. The van der Waals surface area contributed by atoms with Crippen LogP contribution in [0.1, 0.15) is 22.6 Å². The van der Waals surface area contributed by atoms with Gasteiger partial charge in [-0.2, -0.15) is 30.7 Å². The average Bonchev–Trinajstić information content (AvgIpc) is 3.34. The summed E-state index contributed by atoms with van der Waals surface area (Å²) in [6, 6.07) is 7.24. The van der Waals surface area contributed by atoms with E-state index in [1.807, 2.05) is 0 Å². The summed E-state index contributed by atoms with van der Waals surface area (Å²) in [7, 11) is 0. The molecule has 0 fully saturated rings. The molecule has 0 aliphatic heterocycles. The first-order valence-corrected chi connectivity index (χ1v) is 11.9. The number of nitrogens with two attached hydrogens (primary N) is 1. The van der Waals surface area contributed by atoms with E-state index in [-0.39, 0.29) is 12.8 Å². The van der Waals surface area contributed by atoms with Crippen LogP contribution in [0.2, 0.25) is 0 Å². The maximum Gasteiger partial charge on any atom is 0.491 e. The molecule has 2 aromatic heterocycles. The molecule has 2 atom stereocenters. The molecule has 0 aliphatic rings. The number of ether oxygens (including phenoxy) is 1. The molecule has 2 heterocycles. The summed E-state index contributed by atoms with van der Waals surface area (Å²) in [6.07, 6.45) is -7.58. The van der Waals surface area contributed by atoms with Crippen molar-refractivity contribution in [2.24, 2.45) is 5.73 Å². The van der Waals surface area contributed by atoms with Gasteiger partial charge in [0.1, 0.15) is 0 Å². The van der Waals surface area contributed by atoms with E-state index in [0.29, 0.717) is 50.5 Å². The second-order valence-corrected chi connectivity index (χ2v) is 9.61. The monoisotopic (exact) mass is 573 g/mol. The summed E-state index contributed by atoms with van der Waals surface area (Å²) in [5.74, 6) is -6.50. The fourth-order valence-electron chi connectivity index (χ4n) is 3.75. The Hall–Kier alpha value is -3.62. The lowest BCUT2D eigenvalue weighted by Crippen LogP contribution is -2.50. The molecule has 0 aliphatic carbocycles. The van der Waals surface area contributed by atoms with Gasteiger partial charge in [0.05, 0.1) is 21.5 Å². The van der Waals surface area contributed by atoms with Crippen molar-refractivity contribution in [2.45, 2.75) is 37.0 Å². The Kier molecular flexibility index (Phi) is 7.65. The predicted molar refractivity (Wildman–Crippen MR) is 127 cm³/mol. The van der Waals surface area contributed by atoms with Crippen molar-refractivity contribution >= 4 is 28.1 Å². The molecule has 3 N–H and O–H groups in total. The Balaban J connectivity index is 1.55. The number of pyridine rings is 1. The van der Waals surface area contributed by atoms with E-state index in [1.165, 1.54) is 29.8 Å². The first kappa shape index (κ1) is 28.4. The number of fused-ring (bicyclic) bond motifs is 1. The number of alkyl halides is 6. The van der Waals surface area contributed by atoms with Gasteiger partial charge in [-0.1, -0.05) is 24.3 Å². The van der Waals surface area contributed by atoms with E-state index in [0.717, 1.165) is 0 Å². The van der Waals surface area contributed by atoms with Gasteiger partial charge in [-0.3, -0.25) is 0 Å². The van der Waals surface area contributed by atoms with Crippen LogP contribution in [-0.4, -0.2) is 33.3 Å². The van der Waals surface area contributed by atoms with Gasteiger partial charge in [-0.15, -0.1) is 11.3 Å². The number of aryl methyl sites for hydroxylation is 1. The first-order chi connectivity index (χ1) is 18.2. The van der Waals surface area contributed by atoms with Crippen LogP contribution < -0.4 is 5.73 Å². The molecular weight excluding hydrogens is 555 g/mol. The SMILES string of the molecule is N[C@H](CCc1ncc(-c2ccc3cnc(F)cc3c2)s1)[C@@](O)(OC(=O)C(F)(F)F)c1ccc(C(F)(F)F)cc1. The molecule has 0 bridgehead atoms. The molecular formula is C25H18F7N3O3S. The minimum atomic E-state index is -5.50. The smallest absolute Gasteiger partial charge is 0.420 e. The number of carbonyl (C=O) groups is 1. The maximum atomic E-state index is 13.5. The number of halogens is 7. The van der Waals surface area contributed by atoms with Gasteiger partial charge in [0.2, 0.25) is 5.95 Å². The number of thiazole rings is 1. The van der Waals surface area contributed by atoms with Crippen LogP contribution in [0.3, 0.4) is 0 Å². The molecule has 39 heavy (non-hydrogen) atoms. The standard InChI is InChI=1S/C25H18F7N3O3S/c26-20-10-15-9-13(1-2-14(15)11-34-20)18-12-35-21(39-18)8-7-19(33)23(37,38-22(36)25(30,31)32)16-3-5-17(6-4-16)24(27,28)29/h1-6,9-12,19,37H,7-8,33H2/t19-,23+/m1/s1. The fraction of sp³-hybridized carbons (Fsp3) is 0.240. The molecule has 0 amide bonds. The first-order valence-electron chi connectivity index (χ1n) is 11.1. The highest BCUT2D eigenvalue weighted by molar-refractivity contribution is 7.15. The van der Waals surface area contributed by atoms with Crippen LogP contribution in [-0.2, 0) is 27.9 Å². The molecule has 0 spiro atoms. The molecule has 0 saturated heterocycles. The lowest BCUT2D eigenvalue weighted by Gasteiger charge is -2.34. The summed E-state index contributed by atoms with van der Waals surface area (Å²) in [6.45, 7) is 0. The highest BCUT2D eigenvalue weighted by Gasteiger charge is 2.49. The summed E-state index contributed by atoms with van der Waals surface area (Å²) in [4.78, 5) is 20.1. The number of nitrogens with zero attached hydrogens (tertiary/aromatic N) is 2. The number of hydrogen-bond donors (Lipinski definition) is 2. The molecule has 2 aromatic carbocycles. The molecule has 0 unspecified atom stereocenters. The fourth-order valence-corrected chi connectivity index (χ4v) is 4.68. The van der Waals surface area contributed by atoms with Crippen LogP contribution >= 0.6 is 11.3 Å². The van der Waals surface area contributed by atoms with Gasteiger partial charge >= 0.3 is 18.3 Å². The van der Waals surface area contributed by atoms with E-state index in [4.69, 9.17) is 5.73 Å². The molecule has 206 valence electrons. The van der Waals surface area contributed by atoms with Crippen molar-refractivity contribution < 1.29 is 45.4 Å². The van der Waals surface area contributed by atoms with Gasteiger partial charge in [-0.25, -0.2) is 14.8 Å². The van der Waals surface area contributed by atoms with Crippen molar-refractivity contribution in [2.75, 3.05) is 0 Å². The number of aromatic nitrogens is 2. The van der Waals surface area contributed by atoms with E-state index >= 15 is 0 Å². The number of benzene rings is 2. The number of esters is 1. The minimum absolute atomic E-state index is 0.0183. The average molecular weight is 573 g/mol. The summed E-state index contributed by atoms with van der Waals surface area (Å²) < 4.78 is 95.3. The van der Waals surface area contributed by atoms with E-state index in [9.17, 15) is 40.6 Å². The Morgan fingerprint density at radius 3 is 2.26 bits per heavy atom. The number of aliphatic hydroxyl groups is 1. The third-order valence-electron chi connectivity index (χ3n) is 5.80. The van der Waals surface area contributed by atoms with Crippen molar-refractivity contribution in [1.29, 1.82) is 0 Å². The molecule has 4 rings (SSSR count). The normalized spacial score (nSPS) is 14.7. The van der Waals surface area contributed by atoms with Crippen molar-refractivity contribution in [3.05, 3.63) is 83.0 Å². The van der Waals surface area contributed by atoms with Gasteiger partial charge in [0.15, 0.2) is 0 Å². The topological polar surface area (TPSA) is 98.3 Å². The van der Waals surface area contributed by atoms with Crippen LogP contribution in [0.15, 0.2) is 60.9 Å². The zero-order valence-corrected chi connectivity index (χ0v) is 20.4. The molecule has 0 radical (unpaired) electrons. The highest BCUT2D eigenvalue weighted by atomic mass is 32.1. The van der Waals surface area contributed by atoms with Crippen LogP contribution in [0.25, 0.3) is 21.2 Å². The summed E-state index contributed by atoms with van der Waals surface area (Å²) in [5.41, 5.74) is 4.97. The molecule has 4 aromatic rings. The highest BCUT2D eigenvalue weighted by Crippen LogP contribution is 2.36. The zero-order chi connectivity index (χ0) is 28.6. The number of rotatable bonds is 7. The lowest BCUT2D eigenvalue weighted by atomic mass is 9.94. The molecule has 6 nitrogen and oxygen atoms in total. The Morgan fingerprint density at radius 2 is 1.62 bits per heavy atom. The van der Waals surface area contributed by atoms with Crippen LogP contribution in [0.4, 0.5) is 30.7 Å². The molecule has 0 saturated carbocycles. The van der Waals surface area contributed by atoms with E-state index in [2.05, 4.69) is 14.7 Å². The lowest BCUT2D eigenvalue weighted by molar-refractivity contribution is -0.259. The summed E-state index contributed by atoms with van der Waals surface area (Å²) >= 11 is 1.20. The Bertz CT molecular complexity index is 1490.